The van der Waals surface area contributed by atoms with Crippen LogP contribution in [0.4, 0.5) is 0 Å². The van der Waals surface area contributed by atoms with Crippen molar-refractivity contribution in [3.05, 3.63) is 33.9 Å². The molecule has 0 saturated carbocycles. The van der Waals surface area contributed by atoms with Crippen molar-refractivity contribution in [1.29, 1.82) is 0 Å². The van der Waals surface area contributed by atoms with E-state index in [1.54, 1.807) is 6.92 Å². The number of ketones is 1. The van der Waals surface area contributed by atoms with Crippen molar-refractivity contribution in [1.82, 2.24) is 0 Å². The van der Waals surface area contributed by atoms with Crippen LogP contribution in [0.1, 0.15) is 46.5 Å². The van der Waals surface area contributed by atoms with Crippen molar-refractivity contribution in [2.24, 2.45) is 0 Å². The van der Waals surface area contributed by atoms with Gasteiger partial charge in [0.15, 0.2) is 5.78 Å². The molecule has 0 aliphatic rings. The lowest BCUT2D eigenvalue weighted by molar-refractivity contribution is -0.141. The number of benzene rings is 1. The number of esters is 1. The molecule has 0 N–H and O–H groups in total. The van der Waals surface area contributed by atoms with Gasteiger partial charge in [-0.25, -0.2) is 0 Å². The third kappa shape index (κ3) is 4.49. The first-order valence-electron chi connectivity index (χ1n) is 6.89. The highest BCUT2D eigenvalue weighted by molar-refractivity contribution is 7.85. The maximum Gasteiger partial charge on any atom is 0.318 e. The summed E-state index contributed by atoms with van der Waals surface area (Å²) in [6.45, 7) is 9.10. The molecule has 0 fully saturated rings. The Labute approximate surface area is 128 Å². The Morgan fingerprint density at radius 2 is 1.81 bits per heavy atom. The Kier molecular flexibility index (Phi) is 6.27. The first kappa shape index (κ1) is 17.6. The van der Waals surface area contributed by atoms with Crippen LogP contribution in [0.25, 0.3) is 0 Å². The number of carbonyl (C=O) groups excluding carboxylic acids is 2. The quantitative estimate of drug-likeness (QED) is 0.598. The van der Waals surface area contributed by atoms with Crippen molar-refractivity contribution < 1.29 is 18.5 Å². The maximum absolute atomic E-state index is 11.7. The van der Waals surface area contributed by atoms with Gasteiger partial charge in [-0.1, -0.05) is 13.0 Å². The van der Waals surface area contributed by atoms with Crippen LogP contribution in [0.5, 0.6) is 0 Å². The summed E-state index contributed by atoms with van der Waals surface area (Å²) in [5.74, 6) is -0.116. The molecule has 0 bridgehead atoms. The van der Waals surface area contributed by atoms with Crippen molar-refractivity contribution in [2.75, 3.05) is 11.5 Å². The summed E-state index contributed by atoms with van der Waals surface area (Å²) in [6.07, 6.45) is 0. The number of hydrogen-bond acceptors (Lipinski definition) is 4. The van der Waals surface area contributed by atoms with Gasteiger partial charge < -0.3 is 4.74 Å². The summed E-state index contributed by atoms with van der Waals surface area (Å²) < 4.78 is 16.5. The smallest absolute Gasteiger partial charge is 0.318 e. The number of aryl methyl sites for hydroxylation is 2. The molecule has 0 radical (unpaired) electrons. The zero-order chi connectivity index (χ0) is 16.2. The van der Waals surface area contributed by atoms with Crippen molar-refractivity contribution in [2.45, 2.75) is 41.2 Å². The van der Waals surface area contributed by atoms with E-state index in [2.05, 4.69) is 0 Å². The lowest BCUT2D eigenvalue weighted by atomic mass is 9.92. The number of hydrogen-bond donors (Lipinski definition) is 0. The largest absolute Gasteiger partial charge is 0.460 e. The van der Waals surface area contributed by atoms with E-state index in [-0.39, 0.29) is 18.1 Å². The first-order chi connectivity index (χ1) is 9.77. The van der Waals surface area contributed by atoms with Gasteiger partial charge in [-0.2, -0.15) is 0 Å². The highest BCUT2D eigenvalue weighted by Gasteiger charge is 2.16. The predicted molar refractivity (Wildman–Crippen MR) is 84.0 cm³/mol. The zero-order valence-electron chi connectivity index (χ0n) is 13.2. The Balaban J connectivity index is 2.94. The fraction of sp³-hybridized carbons (Fsp3) is 0.500. The molecule has 1 atom stereocenters. The van der Waals surface area contributed by atoms with E-state index in [0.29, 0.717) is 11.3 Å². The Bertz CT molecular complexity index is 590. The van der Waals surface area contributed by atoms with Gasteiger partial charge in [-0.3, -0.25) is 13.8 Å². The van der Waals surface area contributed by atoms with Gasteiger partial charge in [-0.15, -0.1) is 0 Å². The van der Waals surface area contributed by atoms with Gasteiger partial charge in [-0.05, 0) is 49.9 Å². The Hall–Kier alpha value is -1.49. The summed E-state index contributed by atoms with van der Waals surface area (Å²) in [7, 11) is -1.17. The number of rotatable bonds is 6. The van der Waals surface area contributed by atoms with E-state index in [0.717, 1.165) is 22.3 Å². The molecule has 0 amide bonds. The fourth-order valence-corrected chi connectivity index (χ4v) is 2.97. The summed E-state index contributed by atoms with van der Waals surface area (Å²) in [4.78, 5) is 23.3. The zero-order valence-corrected chi connectivity index (χ0v) is 14.1. The van der Waals surface area contributed by atoms with Crippen molar-refractivity contribution in [3.8, 4) is 0 Å². The minimum absolute atomic E-state index is 0.00432. The molecule has 1 aromatic carbocycles. The maximum atomic E-state index is 11.7. The van der Waals surface area contributed by atoms with E-state index in [1.807, 2.05) is 26.8 Å². The molecule has 0 spiro atoms. The van der Waals surface area contributed by atoms with Gasteiger partial charge in [0.1, 0.15) is 12.4 Å². The van der Waals surface area contributed by atoms with E-state index >= 15 is 0 Å². The van der Waals surface area contributed by atoms with E-state index in [9.17, 15) is 13.8 Å². The molecule has 0 aromatic heterocycles. The van der Waals surface area contributed by atoms with Crippen LogP contribution in [-0.4, -0.2) is 27.5 Å². The molecule has 116 valence electrons. The minimum Gasteiger partial charge on any atom is -0.460 e. The van der Waals surface area contributed by atoms with Crippen LogP contribution < -0.4 is 0 Å². The molecule has 0 heterocycles. The topological polar surface area (TPSA) is 60.4 Å². The third-order valence-electron chi connectivity index (χ3n) is 3.46. The molecular weight excluding hydrogens is 288 g/mol. The predicted octanol–water partition coefficient (Wildman–Crippen LogP) is 2.63. The van der Waals surface area contributed by atoms with Crippen molar-refractivity contribution in [3.63, 3.8) is 0 Å². The number of Topliss-reactive ketones (excluding diaryl/α,β-unsaturated/α-hetero) is 1. The lowest BCUT2D eigenvalue weighted by Crippen LogP contribution is -2.16. The number of ether oxygens (including phenoxy) is 1. The molecule has 21 heavy (non-hydrogen) atoms. The lowest BCUT2D eigenvalue weighted by Gasteiger charge is -2.16. The van der Waals surface area contributed by atoms with Gasteiger partial charge in [0.25, 0.3) is 0 Å². The van der Waals surface area contributed by atoms with Crippen LogP contribution in [-0.2, 0) is 26.9 Å². The third-order valence-corrected chi connectivity index (χ3v) is 4.66. The van der Waals surface area contributed by atoms with E-state index < -0.39 is 16.8 Å². The van der Waals surface area contributed by atoms with Crippen LogP contribution in [0, 0.1) is 20.8 Å². The van der Waals surface area contributed by atoms with Gasteiger partial charge >= 0.3 is 5.97 Å². The summed E-state index contributed by atoms with van der Waals surface area (Å²) in [5.41, 5.74) is 4.30. The average Bonchev–Trinajstić information content (AvgIpc) is 2.37. The molecular formula is C16H22O4S. The van der Waals surface area contributed by atoms with Gasteiger partial charge in [0.2, 0.25) is 0 Å². The number of carbonyl (C=O) groups is 2. The SMILES string of the molecule is CC[S@@](=O)CC(=O)OCc1c(C)cc(C)c(C(C)=O)c1C. The molecule has 0 unspecified atom stereocenters. The highest BCUT2D eigenvalue weighted by atomic mass is 32.2. The summed E-state index contributed by atoms with van der Waals surface area (Å²) in [5, 5.41) is 0. The standard InChI is InChI=1S/C16H22O4S/c1-6-21(19)9-15(18)20-8-14-10(2)7-11(3)16(12(14)4)13(5)17/h7H,6,8-9H2,1-5H3/t21-/m1/s1. The summed E-state index contributed by atoms with van der Waals surface area (Å²) >= 11 is 0. The molecule has 5 heteroatoms. The molecule has 1 rings (SSSR count). The highest BCUT2D eigenvalue weighted by Crippen LogP contribution is 2.23. The second-order valence-corrected chi connectivity index (χ2v) is 6.82. The van der Waals surface area contributed by atoms with Crippen LogP contribution in [0.2, 0.25) is 0 Å². The summed E-state index contributed by atoms with van der Waals surface area (Å²) in [6, 6.07) is 1.93. The first-order valence-corrected chi connectivity index (χ1v) is 8.37. The Morgan fingerprint density at radius 1 is 1.19 bits per heavy atom. The fourth-order valence-electron chi connectivity index (χ4n) is 2.42. The van der Waals surface area contributed by atoms with Gasteiger partial charge in [0.05, 0.1) is 0 Å². The molecule has 1 aromatic rings. The minimum atomic E-state index is -1.17. The van der Waals surface area contributed by atoms with E-state index in [4.69, 9.17) is 4.74 Å². The molecule has 0 aliphatic carbocycles. The second-order valence-electron chi connectivity index (χ2n) is 5.08. The Morgan fingerprint density at radius 3 is 2.33 bits per heavy atom. The molecule has 0 saturated heterocycles. The van der Waals surface area contributed by atoms with Gasteiger partial charge in [0, 0.05) is 22.1 Å². The van der Waals surface area contributed by atoms with Crippen LogP contribution >= 0.6 is 0 Å². The monoisotopic (exact) mass is 310 g/mol. The van der Waals surface area contributed by atoms with E-state index in [1.165, 1.54) is 6.92 Å². The average molecular weight is 310 g/mol. The van der Waals surface area contributed by atoms with Crippen LogP contribution in [0.15, 0.2) is 6.07 Å². The second kappa shape index (κ2) is 7.50. The van der Waals surface area contributed by atoms with Crippen molar-refractivity contribution >= 4 is 22.6 Å². The normalized spacial score (nSPS) is 12.0. The molecule has 4 nitrogen and oxygen atoms in total. The molecule has 0 aliphatic heterocycles. The van der Waals surface area contributed by atoms with Crippen LogP contribution in [0.3, 0.4) is 0 Å².